The summed E-state index contributed by atoms with van der Waals surface area (Å²) in [5.41, 5.74) is 4.09. The van der Waals surface area contributed by atoms with Crippen molar-refractivity contribution in [3.05, 3.63) is 77.1 Å². The number of aromatic nitrogens is 4. The average molecular weight is 409 g/mol. The Labute approximate surface area is 180 Å². The van der Waals surface area contributed by atoms with Crippen LogP contribution in [0.15, 0.2) is 60.0 Å². The third-order valence-corrected chi connectivity index (χ3v) is 6.48. The van der Waals surface area contributed by atoms with Crippen LogP contribution in [0.4, 0.5) is 5.82 Å². The van der Waals surface area contributed by atoms with Crippen molar-refractivity contribution in [1.82, 2.24) is 19.4 Å². The first kappa shape index (κ1) is 18.2. The number of pyridine rings is 1. The van der Waals surface area contributed by atoms with Crippen molar-refractivity contribution in [2.45, 2.75) is 37.6 Å². The van der Waals surface area contributed by atoms with E-state index in [1.165, 1.54) is 24.5 Å². The van der Waals surface area contributed by atoms with E-state index in [1.807, 2.05) is 37.8 Å². The summed E-state index contributed by atoms with van der Waals surface area (Å²) in [6.07, 6.45) is 12.5. The second kappa shape index (κ2) is 7.30. The fraction of sp³-hybridized carbons (Fsp3) is 0.280. The largest absolute Gasteiger partial charge is 0.371 e. The number of nitrogens with one attached hydrogen (secondary N) is 1. The summed E-state index contributed by atoms with van der Waals surface area (Å²) < 4.78 is 2.22. The van der Waals surface area contributed by atoms with Crippen LogP contribution in [-0.2, 0) is 0 Å². The Bertz CT molecular complexity index is 1390. The second-order valence-electron chi connectivity index (χ2n) is 8.30. The van der Waals surface area contributed by atoms with E-state index < -0.39 is 0 Å². The molecular formula is C25H24N6. The maximum absolute atomic E-state index is 5.14. The van der Waals surface area contributed by atoms with Crippen molar-refractivity contribution in [2.24, 2.45) is 4.99 Å². The minimum atomic E-state index is 0.0581. The molecule has 3 aromatic heterocycles. The van der Waals surface area contributed by atoms with Crippen LogP contribution in [0.2, 0.25) is 0 Å². The Hall–Kier alpha value is -3.54. The third-order valence-electron chi connectivity index (χ3n) is 6.48. The van der Waals surface area contributed by atoms with Gasteiger partial charge in [-0.3, -0.25) is 14.4 Å². The van der Waals surface area contributed by atoms with E-state index in [1.54, 1.807) is 0 Å². The van der Waals surface area contributed by atoms with Crippen LogP contribution < -0.4 is 15.9 Å². The van der Waals surface area contributed by atoms with Crippen LogP contribution >= 0.6 is 0 Å². The molecule has 4 heterocycles. The van der Waals surface area contributed by atoms with Gasteiger partial charge >= 0.3 is 0 Å². The molecular weight excluding hydrogens is 384 g/mol. The Morgan fingerprint density at radius 2 is 2.00 bits per heavy atom. The molecule has 1 saturated carbocycles. The topological polar surface area (TPSA) is 67.5 Å². The Kier molecular flexibility index (Phi) is 4.30. The molecule has 0 spiro atoms. The molecule has 1 unspecified atom stereocenters. The van der Waals surface area contributed by atoms with Crippen molar-refractivity contribution >= 4 is 17.4 Å². The molecule has 6 heteroatoms. The molecule has 0 saturated heterocycles. The van der Waals surface area contributed by atoms with Crippen LogP contribution in [0.25, 0.3) is 22.9 Å². The molecule has 0 radical (unpaired) electrons. The number of imidazole rings is 1. The zero-order valence-electron chi connectivity index (χ0n) is 17.5. The van der Waals surface area contributed by atoms with Crippen LogP contribution in [0.5, 0.6) is 0 Å². The third kappa shape index (κ3) is 3.02. The zero-order valence-corrected chi connectivity index (χ0v) is 17.5. The predicted octanol–water partition coefficient (Wildman–Crippen LogP) is 3.65. The lowest BCUT2D eigenvalue weighted by molar-refractivity contribution is 0.400. The van der Waals surface area contributed by atoms with Gasteiger partial charge in [0.25, 0.3) is 0 Å². The van der Waals surface area contributed by atoms with Crippen molar-refractivity contribution in [3.8, 4) is 11.3 Å². The number of benzene rings is 1. The smallest absolute Gasteiger partial charge is 0.152 e. The molecule has 1 N–H and O–H groups in total. The lowest BCUT2D eigenvalue weighted by Crippen LogP contribution is -2.29. The first-order chi connectivity index (χ1) is 15.3. The lowest BCUT2D eigenvalue weighted by atomic mass is 9.85. The first-order valence-electron chi connectivity index (χ1n) is 11.0. The molecule has 0 bridgehead atoms. The summed E-state index contributed by atoms with van der Waals surface area (Å²) in [4.78, 5) is 19.2. The second-order valence-corrected chi connectivity index (χ2v) is 8.30. The van der Waals surface area contributed by atoms with E-state index >= 15 is 0 Å². The summed E-state index contributed by atoms with van der Waals surface area (Å²) in [5, 5.41) is 5.42. The van der Waals surface area contributed by atoms with E-state index in [0.29, 0.717) is 5.92 Å². The molecule has 2 aliphatic rings. The standard InChI is InChI=1S/C25H24N6/c1-26-24-23-22(30-25(17-5-4-6-17)31(23)14-13-28-24)18-9-8-16-10-11-20(29-21(16)15-18)19-7-2-3-12-27-19/h2-3,7-10,12-15,17,20H,4-6,11H2,1H3,(H,26,28). The van der Waals surface area contributed by atoms with Gasteiger partial charge < -0.3 is 5.32 Å². The van der Waals surface area contributed by atoms with Gasteiger partial charge in [-0.25, -0.2) is 9.97 Å². The van der Waals surface area contributed by atoms with Crippen LogP contribution in [-0.4, -0.2) is 26.4 Å². The monoisotopic (exact) mass is 408 g/mol. The summed E-state index contributed by atoms with van der Waals surface area (Å²) in [6, 6.07) is 12.6. The lowest BCUT2D eigenvalue weighted by Gasteiger charge is -2.23. The van der Waals surface area contributed by atoms with Crippen molar-refractivity contribution in [1.29, 1.82) is 0 Å². The van der Waals surface area contributed by atoms with E-state index in [9.17, 15) is 0 Å². The molecule has 6 rings (SSSR count). The van der Waals surface area contributed by atoms with Gasteiger partial charge in [0.1, 0.15) is 17.0 Å². The van der Waals surface area contributed by atoms with E-state index in [2.05, 4.69) is 50.0 Å². The van der Waals surface area contributed by atoms with Gasteiger partial charge in [0.2, 0.25) is 0 Å². The van der Waals surface area contributed by atoms with Crippen LogP contribution in [0.3, 0.4) is 0 Å². The quantitative estimate of drug-likeness (QED) is 0.560. The Morgan fingerprint density at radius 3 is 2.77 bits per heavy atom. The highest BCUT2D eigenvalue weighted by molar-refractivity contribution is 5.86. The number of rotatable bonds is 4. The summed E-state index contributed by atoms with van der Waals surface area (Å²) >= 11 is 0. The molecule has 6 nitrogen and oxygen atoms in total. The maximum atomic E-state index is 5.14. The van der Waals surface area contributed by atoms with E-state index in [4.69, 9.17) is 9.98 Å². The van der Waals surface area contributed by atoms with Gasteiger partial charge in [0.15, 0.2) is 5.82 Å². The minimum absolute atomic E-state index is 0.0581. The number of hydrogen-bond donors (Lipinski definition) is 1. The normalized spacial score (nSPS) is 18.0. The first-order valence-corrected chi connectivity index (χ1v) is 11.0. The molecule has 0 amide bonds. The molecule has 4 aromatic rings. The summed E-state index contributed by atoms with van der Waals surface area (Å²) in [6.45, 7) is 0. The van der Waals surface area contributed by atoms with Crippen molar-refractivity contribution < 1.29 is 0 Å². The average Bonchev–Trinajstić information content (AvgIpc) is 3.17. The van der Waals surface area contributed by atoms with Gasteiger partial charge in [0, 0.05) is 37.1 Å². The highest BCUT2D eigenvalue weighted by Gasteiger charge is 2.27. The zero-order chi connectivity index (χ0) is 20.8. The van der Waals surface area contributed by atoms with Crippen molar-refractivity contribution in [2.75, 3.05) is 12.4 Å². The van der Waals surface area contributed by atoms with Gasteiger partial charge in [-0.05, 0) is 42.7 Å². The fourth-order valence-corrected chi connectivity index (χ4v) is 4.60. The number of nitrogens with zero attached hydrogens (tertiary/aromatic N) is 5. The minimum Gasteiger partial charge on any atom is -0.371 e. The van der Waals surface area contributed by atoms with E-state index in [-0.39, 0.29) is 6.04 Å². The molecule has 1 atom stereocenters. The molecule has 1 aliphatic carbocycles. The Balaban J connectivity index is 1.52. The van der Waals surface area contributed by atoms with Crippen molar-refractivity contribution in [3.63, 3.8) is 0 Å². The van der Waals surface area contributed by atoms with Gasteiger partial charge in [-0.15, -0.1) is 0 Å². The predicted molar refractivity (Wildman–Crippen MR) is 121 cm³/mol. The van der Waals surface area contributed by atoms with Crippen LogP contribution in [0.1, 0.15) is 49.2 Å². The Morgan fingerprint density at radius 1 is 1.06 bits per heavy atom. The van der Waals surface area contributed by atoms with E-state index in [0.717, 1.165) is 45.9 Å². The highest BCUT2D eigenvalue weighted by Crippen LogP contribution is 2.39. The number of fused-ring (bicyclic) bond motifs is 2. The van der Waals surface area contributed by atoms with Gasteiger partial charge in [0.05, 0.1) is 17.1 Å². The molecule has 31 heavy (non-hydrogen) atoms. The highest BCUT2D eigenvalue weighted by atomic mass is 15.1. The SMILES string of the molecule is CNc1nccn2c(C3CCC3)nc(-c3ccc4c(c3)=NC(c3ccccn3)CC=4)c12. The molecule has 1 fully saturated rings. The van der Waals surface area contributed by atoms with Crippen LogP contribution in [0, 0.1) is 0 Å². The molecule has 154 valence electrons. The fourth-order valence-electron chi connectivity index (χ4n) is 4.60. The summed E-state index contributed by atoms with van der Waals surface area (Å²) in [5.74, 6) is 2.52. The maximum Gasteiger partial charge on any atom is 0.152 e. The number of hydrogen-bond acceptors (Lipinski definition) is 5. The summed E-state index contributed by atoms with van der Waals surface area (Å²) in [7, 11) is 1.91. The molecule has 1 aromatic carbocycles. The van der Waals surface area contributed by atoms with Gasteiger partial charge in [-0.2, -0.15) is 0 Å². The number of anilines is 1. The van der Waals surface area contributed by atoms with Gasteiger partial charge in [-0.1, -0.05) is 30.7 Å². The molecule has 1 aliphatic heterocycles.